The van der Waals surface area contributed by atoms with Crippen LogP contribution in [0.15, 0.2) is 40.8 Å². The molecule has 5 nitrogen and oxygen atoms in total. The maximum Gasteiger partial charge on any atom is 0.410 e. The van der Waals surface area contributed by atoms with Crippen molar-refractivity contribution in [3.63, 3.8) is 0 Å². The molecule has 0 saturated carbocycles. The van der Waals surface area contributed by atoms with E-state index in [1.54, 1.807) is 11.9 Å². The van der Waals surface area contributed by atoms with E-state index in [2.05, 4.69) is 29.2 Å². The quantitative estimate of drug-likeness (QED) is 0.868. The number of amides is 1. The molecule has 2 aliphatic rings. The van der Waals surface area contributed by atoms with Crippen LogP contribution in [-0.4, -0.2) is 48.2 Å². The van der Waals surface area contributed by atoms with E-state index in [4.69, 9.17) is 9.15 Å². The van der Waals surface area contributed by atoms with Crippen LogP contribution in [0.3, 0.4) is 0 Å². The van der Waals surface area contributed by atoms with E-state index in [0.717, 1.165) is 43.1 Å². The molecule has 1 atom stereocenters. The van der Waals surface area contributed by atoms with Gasteiger partial charge in [-0.15, -0.1) is 0 Å². The molecule has 2 aliphatic heterocycles. The van der Waals surface area contributed by atoms with Crippen LogP contribution in [0.2, 0.25) is 0 Å². The van der Waals surface area contributed by atoms with Crippen molar-refractivity contribution in [1.82, 2.24) is 9.80 Å². The predicted octanol–water partition coefficient (Wildman–Crippen LogP) is 3.28. The third-order valence-corrected chi connectivity index (χ3v) is 4.89. The van der Waals surface area contributed by atoms with Crippen LogP contribution >= 0.6 is 0 Å². The van der Waals surface area contributed by atoms with E-state index in [0.29, 0.717) is 6.54 Å². The summed E-state index contributed by atoms with van der Waals surface area (Å²) >= 11 is 0. The zero-order chi connectivity index (χ0) is 16.7. The summed E-state index contributed by atoms with van der Waals surface area (Å²) < 4.78 is 11.3. The van der Waals surface area contributed by atoms with Gasteiger partial charge in [-0.1, -0.05) is 18.2 Å². The van der Waals surface area contributed by atoms with Gasteiger partial charge in [-0.05, 0) is 30.7 Å². The minimum atomic E-state index is -0.318. The lowest BCUT2D eigenvalue weighted by Crippen LogP contribution is -2.37. The molecule has 2 saturated heterocycles. The van der Waals surface area contributed by atoms with E-state index in [9.17, 15) is 4.79 Å². The predicted molar refractivity (Wildman–Crippen MR) is 90.6 cm³/mol. The van der Waals surface area contributed by atoms with Crippen LogP contribution in [0.4, 0.5) is 4.79 Å². The lowest BCUT2D eigenvalue weighted by molar-refractivity contribution is 0.0627. The SMILES string of the molecule is Cc1ccc(-c2cccc(CN3CC[C@]4(C3)CN(C)C(=O)O4)c2)o1. The van der Waals surface area contributed by atoms with E-state index >= 15 is 0 Å². The molecule has 4 rings (SSSR count). The van der Waals surface area contributed by atoms with Gasteiger partial charge in [0.05, 0.1) is 6.54 Å². The van der Waals surface area contributed by atoms with Crippen LogP contribution < -0.4 is 0 Å². The first-order valence-electron chi connectivity index (χ1n) is 8.35. The van der Waals surface area contributed by atoms with Crippen LogP contribution in [0.25, 0.3) is 11.3 Å². The second-order valence-corrected chi connectivity index (χ2v) is 6.98. The molecule has 5 heteroatoms. The number of carbonyl (C=O) groups is 1. The minimum absolute atomic E-state index is 0.202. The molecular weight excluding hydrogens is 304 g/mol. The summed E-state index contributed by atoms with van der Waals surface area (Å²) in [7, 11) is 1.80. The van der Waals surface area contributed by atoms with Gasteiger partial charge < -0.3 is 14.1 Å². The fourth-order valence-corrected chi connectivity index (χ4v) is 3.74. The average molecular weight is 326 g/mol. The number of nitrogens with zero attached hydrogens (tertiary/aromatic N) is 2. The third kappa shape index (κ3) is 2.80. The van der Waals surface area contributed by atoms with Crippen LogP contribution in [-0.2, 0) is 11.3 Å². The molecule has 0 bridgehead atoms. The van der Waals surface area contributed by atoms with Crippen LogP contribution in [0.5, 0.6) is 0 Å². The van der Waals surface area contributed by atoms with Crippen LogP contribution in [0, 0.1) is 6.92 Å². The Labute approximate surface area is 141 Å². The zero-order valence-corrected chi connectivity index (χ0v) is 14.1. The average Bonchev–Trinajstić information content (AvgIpc) is 3.21. The van der Waals surface area contributed by atoms with Gasteiger partial charge in [0.25, 0.3) is 0 Å². The van der Waals surface area contributed by atoms with Gasteiger partial charge in [0.1, 0.15) is 17.1 Å². The molecule has 126 valence electrons. The molecule has 1 aromatic heterocycles. The first-order chi connectivity index (χ1) is 11.5. The number of hydrogen-bond donors (Lipinski definition) is 0. The Morgan fingerprint density at radius 3 is 2.79 bits per heavy atom. The molecule has 24 heavy (non-hydrogen) atoms. The Morgan fingerprint density at radius 2 is 2.08 bits per heavy atom. The topological polar surface area (TPSA) is 45.9 Å². The first-order valence-corrected chi connectivity index (χ1v) is 8.35. The molecule has 2 aromatic rings. The number of furan rings is 1. The summed E-state index contributed by atoms with van der Waals surface area (Å²) in [6.07, 6.45) is 0.701. The van der Waals surface area contributed by atoms with Crippen molar-refractivity contribution in [1.29, 1.82) is 0 Å². The smallest absolute Gasteiger partial charge is 0.410 e. The summed E-state index contributed by atoms with van der Waals surface area (Å²) in [5.41, 5.74) is 2.03. The van der Waals surface area contributed by atoms with Crippen molar-refractivity contribution in [2.75, 3.05) is 26.7 Å². The summed E-state index contributed by atoms with van der Waals surface area (Å²) in [5, 5.41) is 0. The highest BCUT2D eigenvalue weighted by atomic mass is 16.6. The number of hydrogen-bond acceptors (Lipinski definition) is 4. The Bertz CT molecular complexity index is 769. The number of ether oxygens (including phenoxy) is 1. The lowest BCUT2D eigenvalue weighted by Gasteiger charge is -2.22. The molecular formula is C19H22N2O3. The fraction of sp³-hybridized carbons (Fsp3) is 0.421. The van der Waals surface area contributed by atoms with Gasteiger partial charge in [0.15, 0.2) is 0 Å². The number of aryl methyl sites for hydroxylation is 1. The number of rotatable bonds is 3. The molecule has 0 radical (unpaired) electrons. The van der Waals surface area contributed by atoms with Crippen molar-refractivity contribution in [3.05, 3.63) is 47.7 Å². The largest absolute Gasteiger partial charge is 0.461 e. The molecule has 0 unspecified atom stereocenters. The van der Waals surface area contributed by atoms with Gasteiger partial charge in [0.2, 0.25) is 0 Å². The summed E-state index contributed by atoms with van der Waals surface area (Å²) in [5.74, 6) is 1.82. The first kappa shape index (κ1) is 15.3. The number of likely N-dealkylation sites (N-methyl/N-ethyl adjacent to an activating group) is 1. The van der Waals surface area contributed by atoms with E-state index in [1.807, 2.05) is 19.1 Å². The molecule has 2 fully saturated rings. The van der Waals surface area contributed by atoms with Crippen molar-refractivity contribution in [2.24, 2.45) is 0 Å². The summed E-state index contributed by atoms with van der Waals surface area (Å²) in [4.78, 5) is 15.7. The monoisotopic (exact) mass is 326 g/mol. The van der Waals surface area contributed by atoms with Crippen LogP contribution in [0.1, 0.15) is 17.7 Å². The highest BCUT2D eigenvalue weighted by molar-refractivity contribution is 5.70. The molecule has 1 amide bonds. The second kappa shape index (κ2) is 5.67. The van der Waals surface area contributed by atoms with Gasteiger partial charge in [-0.25, -0.2) is 4.79 Å². The Hall–Kier alpha value is -2.27. The highest BCUT2D eigenvalue weighted by Gasteiger charge is 2.48. The van der Waals surface area contributed by atoms with Gasteiger partial charge >= 0.3 is 6.09 Å². The number of likely N-dealkylation sites (tertiary alicyclic amines) is 1. The highest BCUT2D eigenvalue weighted by Crippen LogP contribution is 2.32. The van der Waals surface area contributed by atoms with Crippen molar-refractivity contribution in [3.8, 4) is 11.3 Å². The third-order valence-electron chi connectivity index (χ3n) is 4.89. The lowest BCUT2D eigenvalue weighted by atomic mass is 10.0. The Balaban J connectivity index is 1.46. The number of carbonyl (C=O) groups excluding carboxylic acids is 1. The Kier molecular flexibility index (Phi) is 3.61. The van der Waals surface area contributed by atoms with E-state index in [1.165, 1.54) is 5.56 Å². The normalized spacial score (nSPS) is 24.1. The fourth-order valence-electron chi connectivity index (χ4n) is 3.74. The molecule has 3 heterocycles. The maximum atomic E-state index is 11.7. The van der Waals surface area contributed by atoms with E-state index < -0.39 is 0 Å². The van der Waals surface area contributed by atoms with Crippen molar-refractivity contribution >= 4 is 6.09 Å². The Morgan fingerprint density at radius 1 is 1.21 bits per heavy atom. The van der Waals surface area contributed by atoms with Crippen molar-refractivity contribution in [2.45, 2.75) is 25.5 Å². The van der Waals surface area contributed by atoms with Gasteiger partial charge in [0, 0.05) is 38.7 Å². The summed E-state index contributed by atoms with van der Waals surface area (Å²) in [6, 6.07) is 12.4. The minimum Gasteiger partial charge on any atom is -0.461 e. The molecule has 0 N–H and O–H groups in total. The second-order valence-electron chi connectivity index (χ2n) is 6.98. The van der Waals surface area contributed by atoms with Crippen molar-refractivity contribution < 1.29 is 13.9 Å². The summed E-state index contributed by atoms with van der Waals surface area (Å²) in [6.45, 7) is 5.25. The van der Waals surface area contributed by atoms with Gasteiger partial charge in [-0.2, -0.15) is 0 Å². The maximum absolute atomic E-state index is 11.7. The zero-order valence-electron chi connectivity index (χ0n) is 14.1. The van der Waals surface area contributed by atoms with E-state index in [-0.39, 0.29) is 11.7 Å². The van der Waals surface area contributed by atoms with Gasteiger partial charge in [-0.3, -0.25) is 4.90 Å². The number of benzene rings is 1. The molecule has 1 spiro atoms. The molecule has 1 aromatic carbocycles. The standard InChI is InChI=1S/C19H22N2O3/c1-14-6-7-17(23-14)16-5-3-4-15(10-16)11-21-9-8-19(13-21)12-20(2)18(22)24-19/h3-7,10H,8-9,11-13H2,1-2H3/t19-/m1/s1. The molecule has 0 aliphatic carbocycles.